The van der Waals surface area contributed by atoms with E-state index in [0.29, 0.717) is 22.1 Å². The van der Waals surface area contributed by atoms with Crippen LogP contribution in [0.3, 0.4) is 0 Å². The van der Waals surface area contributed by atoms with Gasteiger partial charge in [0.1, 0.15) is 11.5 Å². The molecule has 2 rings (SSSR count). The zero-order valence-electron chi connectivity index (χ0n) is 12.0. The van der Waals surface area contributed by atoms with Gasteiger partial charge in [0.15, 0.2) is 6.61 Å². The largest absolute Gasteiger partial charge is 0.490 e. The molecule has 2 aromatic rings. The van der Waals surface area contributed by atoms with Crippen molar-refractivity contribution in [2.45, 2.75) is 20.0 Å². The number of carbonyl (C=O) groups excluding carboxylic acids is 1. The summed E-state index contributed by atoms with van der Waals surface area (Å²) in [6.07, 6.45) is 0.00722. The van der Waals surface area contributed by atoms with E-state index in [1.807, 2.05) is 19.9 Å². The summed E-state index contributed by atoms with van der Waals surface area (Å²) in [5, 5.41) is 0.573. The highest BCUT2D eigenvalue weighted by Gasteiger charge is 2.13. The maximum absolute atomic E-state index is 12.3. The fourth-order valence-corrected chi connectivity index (χ4v) is 2.02. The third kappa shape index (κ3) is 4.50. The van der Waals surface area contributed by atoms with Gasteiger partial charge in [0, 0.05) is 5.02 Å². The second-order valence-electron chi connectivity index (χ2n) is 4.83. The minimum Gasteiger partial charge on any atom is -0.490 e. The zero-order chi connectivity index (χ0) is 15.2. The SMILES string of the molecule is CC(C)Oc1ccccc1C(=O)COc1cccc(Cl)c1. The van der Waals surface area contributed by atoms with Crippen LogP contribution in [0.25, 0.3) is 0 Å². The van der Waals surface area contributed by atoms with Crippen LogP contribution in [0.2, 0.25) is 5.02 Å². The number of rotatable bonds is 6. The molecule has 0 spiro atoms. The van der Waals surface area contributed by atoms with Crippen LogP contribution in [0.5, 0.6) is 11.5 Å². The molecule has 0 aliphatic rings. The summed E-state index contributed by atoms with van der Waals surface area (Å²) < 4.78 is 11.1. The third-order valence-corrected chi connectivity index (χ3v) is 2.95. The highest BCUT2D eigenvalue weighted by molar-refractivity contribution is 6.30. The van der Waals surface area contributed by atoms with Crippen molar-refractivity contribution >= 4 is 17.4 Å². The zero-order valence-corrected chi connectivity index (χ0v) is 12.8. The minimum atomic E-state index is -0.133. The van der Waals surface area contributed by atoms with Crippen LogP contribution >= 0.6 is 11.6 Å². The van der Waals surface area contributed by atoms with Gasteiger partial charge in [-0.2, -0.15) is 0 Å². The van der Waals surface area contributed by atoms with Crippen molar-refractivity contribution in [1.82, 2.24) is 0 Å². The number of carbonyl (C=O) groups is 1. The number of ether oxygens (including phenoxy) is 2. The number of para-hydroxylation sites is 1. The van der Waals surface area contributed by atoms with E-state index in [4.69, 9.17) is 21.1 Å². The lowest BCUT2D eigenvalue weighted by atomic mass is 10.1. The first-order chi connectivity index (χ1) is 10.1. The summed E-state index contributed by atoms with van der Waals surface area (Å²) >= 11 is 5.87. The quantitative estimate of drug-likeness (QED) is 0.743. The predicted molar refractivity (Wildman–Crippen MR) is 83.5 cm³/mol. The van der Waals surface area contributed by atoms with E-state index in [0.717, 1.165) is 0 Å². The molecule has 0 unspecified atom stereocenters. The van der Waals surface area contributed by atoms with Crippen LogP contribution in [0, 0.1) is 0 Å². The van der Waals surface area contributed by atoms with E-state index in [2.05, 4.69) is 0 Å². The summed E-state index contributed by atoms with van der Waals surface area (Å²) in [7, 11) is 0. The van der Waals surface area contributed by atoms with Crippen molar-refractivity contribution in [1.29, 1.82) is 0 Å². The molecule has 110 valence electrons. The Morgan fingerprint density at radius 3 is 2.62 bits per heavy atom. The van der Waals surface area contributed by atoms with Crippen LogP contribution in [-0.2, 0) is 0 Å². The monoisotopic (exact) mass is 304 g/mol. The van der Waals surface area contributed by atoms with Crippen LogP contribution in [0.15, 0.2) is 48.5 Å². The van der Waals surface area contributed by atoms with Crippen LogP contribution in [0.4, 0.5) is 0 Å². The molecule has 0 amide bonds. The molecule has 0 aliphatic heterocycles. The maximum atomic E-state index is 12.3. The number of ketones is 1. The Balaban J connectivity index is 2.07. The molecular weight excluding hydrogens is 288 g/mol. The molecule has 3 nitrogen and oxygen atoms in total. The number of Topliss-reactive ketones (excluding diaryl/α,β-unsaturated/α-hetero) is 1. The van der Waals surface area contributed by atoms with E-state index >= 15 is 0 Å². The Kier molecular flexibility index (Phi) is 5.23. The van der Waals surface area contributed by atoms with E-state index in [1.54, 1.807) is 42.5 Å². The van der Waals surface area contributed by atoms with E-state index in [-0.39, 0.29) is 18.5 Å². The molecule has 2 aromatic carbocycles. The molecule has 0 fully saturated rings. The Morgan fingerprint density at radius 1 is 1.14 bits per heavy atom. The van der Waals surface area contributed by atoms with Gasteiger partial charge in [0.2, 0.25) is 5.78 Å². The lowest BCUT2D eigenvalue weighted by Gasteiger charge is -2.13. The highest BCUT2D eigenvalue weighted by Crippen LogP contribution is 2.21. The van der Waals surface area contributed by atoms with Crippen molar-refractivity contribution < 1.29 is 14.3 Å². The fourth-order valence-electron chi connectivity index (χ4n) is 1.84. The van der Waals surface area contributed by atoms with Crippen LogP contribution in [0.1, 0.15) is 24.2 Å². The topological polar surface area (TPSA) is 35.5 Å². The molecule has 0 aliphatic carbocycles. The molecule has 21 heavy (non-hydrogen) atoms. The highest BCUT2D eigenvalue weighted by atomic mass is 35.5. The summed E-state index contributed by atoms with van der Waals surface area (Å²) in [4.78, 5) is 12.3. The van der Waals surface area contributed by atoms with Crippen LogP contribution in [-0.4, -0.2) is 18.5 Å². The molecule has 0 radical (unpaired) electrons. The second kappa shape index (κ2) is 7.14. The Bertz CT molecular complexity index is 623. The minimum absolute atomic E-state index is 0.00722. The third-order valence-electron chi connectivity index (χ3n) is 2.72. The second-order valence-corrected chi connectivity index (χ2v) is 5.27. The molecule has 0 heterocycles. The van der Waals surface area contributed by atoms with Crippen molar-refractivity contribution in [2.75, 3.05) is 6.61 Å². The lowest BCUT2D eigenvalue weighted by molar-refractivity contribution is 0.0915. The van der Waals surface area contributed by atoms with Gasteiger partial charge in [-0.25, -0.2) is 0 Å². The summed E-state index contributed by atoms with van der Waals surface area (Å²) in [5.41, 5.74) is 0.522. The first kappa shape index (κ1) is 15.4. The van der Waals surface area contributed by atoms with E-state index < -0.39 is 0 Å². The first-order valence-corrected chi connectivity index (χ1v) is 7.11. The van der Waals surface area contributed by atoms with Crippen molar-refractivity contribution in [3.63, 3.8) is 0 Å². The van der Waals surface area contributed by atoms with E-state index in [9.17, 15) is 4.79 Å². The van der Waals surface area contributed by atoms with Crippen molar-refractivity contribution in [3.05, 3.63) is 59.1 Å². The Labute approximate surface area is 129 Å². The number of benzene rings is 2. The van der Waals surface area contributed by atoms with Gasteiger partial charge >= 0.3 is 0 Å². The first-order valence-electron chi connectivity index (χ1n) is 6.73. The van der Waals surface area contributed by atoms with Gasteiger partial charge in [-0.15, -0.1) is 0 Å². The fraction of sp³-hybridized carbons (Fsp3) is 0.235. The molecule has 0 N–H and O–H groups in total. The predicted octanol–water partition coefficient (Wildman–Crippen LogP) is 4.39. The average Bonchev–Trinajstić information content (AvgIpc) is 2.45. The Morgan fingerprint density at radius 2 is 1.90 bits per heavy atom. The van der Waals surface area contributed by atoms with Gasteiger partial charge in [-0.1, -0.05) is 29.8 Å². The van der Waals surface area contributed by atoms with Crippen LogP contribution < -0.4 is 9.47 Å². The summed E-state index contributed by atoms with van der Waals surface area (Å²) in [6, 6.07) is 14.1. The maximum Gasteiger partial charge on any atom is 0.203 e. The number of halogens is 1. The molecule has 0 saturated carbocycles. The van der Waals surface area contributed by atoms with Gasteiger partial charge in [-0.05, 0) is 44.2 Å². The summed E-state index contributed by atoms with van der Waals surface area (Å²) in [5.74, 6) is 1.01. The smallest absolute Gasteiger partial charge is 0.203 e. The molecular formula is C17H17ClO3. The van der Waals surface area contributed by atoms with Crippen molar-refractivity contribution in [3.8, 4) is 11.5 Å². The van der Waals surface area contributed by atoms with Gasteiger partial charge in [0.25, 0.3) is 0 Å². The lowest BCUT2D eigenvalue weighted by Crippen LogP contribution is -2.15. The number of hydrogen-bond donors (Lipinski definition) is 0. The summed E-state index contributed by atoms with van der Waals surface area (Å²) in [6.45, 7) is 3.78. The molecule has 0 bridgehead atoms. The van der Waals surface area contributed by atoms with E-state index in [1.165, 1.54) is 0 Å². The van der Waals surface area contributed by atoms with Gasteiger partial charge in [0.05, 0.1) is 11.7 Å². The van der Waals surface area contributed by atoms with Gasteiger partial charge < -0.3 is 9.47 Å². The average molecular weight is 305 g/mol. The normalized spacial score (nSPS) is 10.5. The molecule has 4 heteroatoms. The standard InChI is InChI=1S/C17H17ClO3/c1-12(2)21-17-9-4-3-8-15(17)16(19)11-20-14-7-5-6-13(18)10-14/h3-10,12H,11H2,1-2H3. The molecule has 0 aromatic heterocycles. The molecule has 0 atom stereocenters. The Hall–Kier alpha value is -2.00. The van der Waals surface area contributed by atoms with Crippen molar-refractivity contribution in [2.24, 2.45) is 0 Å². The van der Waals surface area contributed by atoms with Gasteiger partial charge in [-0.3, -0.25) is 4.79 Å². The number of hydrogen-bond acceptors (Lipinski definition) is 3. The molecule has 0 saturated heterocycles.